The van der Waals surface area contributed by atoms with E-state index in [1.165, 1.54) is 16.7 Å². The van der Waals surface area contributed by atoms with E-state index in [0.717, 1.165) is 63.7 Å². The van der Waals surface area contributed by atoms with E-state index in [2.05, 4.69) is 41.7 Å². The summed E-state index contributed by atoms with van der Waals surface area (Å²) in [4.78, 5) is 7.42. The topological polar surface area (TPSA) is 28.2 Å². The fourth-order valence-electron chi connectivity index (χ4n) is 4.32. The Bertz CT molecular complexity index is 597. The first-order valence-electron chi connectivity index (χ1n) is 9.50. The summed E-state index contributed by atoms with van der Waals surface area (Å²) in [6, 6.07) is 2.58. The van der Waals surface area contributed by atoms with Gasteiger partial charge in [0.2, 0.25) is 0 Å². The van der Waals surface area contributed by atoms with Crippen molar-refractivity contribution in [1.82, 2.24) is 14.7 Å². The fourth-order valence-corrected chi connectivity index (χ4v) is 4.32. The van der Waals surface area contributed by atoms with Gasteiger partial charge in [-0.25, -0.2) is 0 Å². The molecule has 5 nitrogen and oxygen atoms in total. The summed E-state index contributed by atoms with van der Waals surface area (Å²) in [7, 11) is 5.80. The van der Waals surface area contributed by atoms with Crippen LogP contribution >= 0.6 is 0 Å². The third-order valence-electron chi connectivity index (χ3n) is 5.90. The molecule has 1 atom stereocenters. The van der Waals surface area contributed by atoms with Gasteiger partial charge in [-0.1, -0.05) is 6.92 Å². The minimum atomic E-state index is 0.371. The molecule has 1 fully saturated rings. The average Bonchev–Trinajstić information content (AvgIpc) is 2.63. The van der Waals surface area contributed by atoms with Crippen molar-refractivity contribution in [2.45, 2.75) is 32.9 Å². The van der Waals surface area contributed by atoms with Crippen LogP contribution in [0.4, 0.5) is 0 Å². The molecule has 1 aromatic rings. The molecular formula is C20H33N3O2. The molecule has 0 radical (unpaired) electrons. The monoisotopic (exact) mass is 347 g/mol. The molecule has 25 heavy (non-hydrogen) atoms. The highest BCUT2D eigenvalue weighted by Gasteiger charge is 2.30. The van der Waals surface area contributed by atoms with Gasteiger partial charge < -0.3 is 14.4 Å². The Labute approximate surface area is 152 Å². The van der Waals surface area contributed by atoms with Crippen molar-refractivity contribution in [2.75, 3.05) is 60.5 Å². The molecule has 0 bridgehead atoms. The first-order valence-corrected chi connectivity index (χ1v) is 9.50. The van der Waals surface area contributed by atoms with Crippen LogP contribution in [0.1, 0.15) is 36.6 Å². The average molecular weight is 348 g/mol. The van der Waals surface area contributed by atoms with Crippen LogP contribution in [0, 0.1) is 0 Å². The number of nitrogens with zero attached hydrogens (tertiary/aromatic N) is 3. The minimum absolute atomic E-state index is 0.371. The summed E-state index contributed by atoms with van der Waals surface area (Å²) in [5, 5.41) is 0. The number of methoxy groups -OCH3 is 2. The molecule has 1 unspecified atom stereocenters. The lowest BCUT2D eigenvalue weighted by molar-refractivity contribution is 0.146. The van der Waals surface area contributed by atoms with Crippen molar-refractivity contribution < 1.29 is 9.47 Å². The summed E-state index contributed by atoms with van der Waals surface area (Å²) in [6.07, 6.45) is 1.03. The van der Waals surface area contributed by atoms with Crippen molar-refractivity contribution in [2.24, 2.45) is 0 Å². The summed E-state index contributed by atoms with van der Waals surface area (Å²) in [6.45, 7) is 12.1. The Kier molecular flexibility index (Phi) is 5.87. The molecule has 140 valence electrons. The number of piperazine rings is 1. The van der Waals surface area contributed by atoms with Crippen LogP contribution in [-0.4, -0.2) is 75.2 Å². The van der Waals surface area contributed by atoms with E-state index in [1.807, 2.05) is 7.11 Å². The van der Waals surface area contributed by atoms with Crippen molar-refractivity contribution in [3.63, 3.8) is 0 Å². The highest BCUT2D eigenvalue weighted by molar-refractivity contribution is 5.56. The first kappa shape index (κ1) is 18.5. The van der Waals surface area contributed by atoms with Gasteiger partial charge in [0.1, 0.15) is 11.5 Å². The number of hydrogen-bond donors (Lipinski definition) is 0. The van der Waals surface area contributed by atoms with Crippen LogP contribution in [0.2, 0.25) is 0 Å². The van der Waals surface area contributed by atoms with Crippen LogP contribution in [0.15, 0.2) is 6.07 Å². The zero-order valence-electron chi connectivity index (χ0n) is 16.5. The maximum atomic E-state index is 5.91. The van der Waals surface area contributed by atoms with Crippen molar-refractivity contribution in [1.29, 1.82) is 0 Å². The Morgan fingerprint density at radius 2 is 1.80 bits per heavy atom. The van der Waals surface area contributed by atoms with E-state index >= 15 is 0 Å². The largest absolute Gasteiger partial charge is 0.496 e. The van der Waals surface area contributed by atoms with Gasteiger partial charge in [0, 0.05) is 62.0 Å². The van der Waals surface area contributed by atoms with Crippen molar-refractivity contribution in [3.05, 3.63) is 22.8 Å². The zero-order valence-corrected chi connectivity index (χ0v) is 16.5. The van der Waals surface area contributed by atoms with Gasteiger partial charge in [-0.2, -0.15) is 0 Å². The SMILES string of the molecule is CCN1CCc2c(OC)c(CN3CCN(C)CC3)cc(OC)c2C1C. The molecule has 2 aliphatic rings. The van der Waals surface area contributed by atoms with Crippen LogP contribution in [0.25, 0.3) is 0 Å². The lowest BCUT2D eigenvalue weighted by Crippen LogP contribution is -2.44. The molecule has 0 amide bonds. The molecule has 0 spiro atoms. The molecule has 2 aliphatic heterocycles. The summed E-state index contributed by atoms with van der Waals surface area (Å²) in [5.41, 5.74) is 3.93. The standard InChI is InChI=1S/C20H33N3O2/c1-6-23-8-7-17-19(15(23)2)18(24-4)13-16(20(17)25-5)14-22-11-9-21(3)10-12-22/h13,15H,6-12,14H2,1-5H3. The Morgan fingerprint density at radius 3 is 2.40 bits per heavy atom. The number of rotatable bonds is 5. The molecule has 3 rings (SSSR count). The van der Waals surface area contributed by atoms with Gasteiger partial charge in [-0.05, 0) is 33.0 Å². The second-order valence-electron chi connectivity index (χ2n) is 7.30. The van der Waals surface area contributed by atoms with Crippen molar-refractivity contribution >= 4 is 0 Å². The molecular weight excluding hydrogens is 314 g/mol. The maximum absolute atomic E-state index is 5.91. The second kappa shape index (κ2) is 7.94. The van der Waals surface area contributed by atoms with E-state index in [-0.39, 0.29) is 0 Å². The van der Waals surface area contributed by atoms with E-state index < -0.39 is 0 Å². The second-order valence-corrected chi connectivity index (χ2v) is 7.30. The molecule has 0 N–H and O–H groups in total. The van der Waals surface area contributed by atoms with Crippen LogP contribution in [-0.2, 0) is 13.0 Å². The van der Waals surface area contributed by atoms with E-state index in [0.29, 0.717) is 6.04 Å². The fraction of sp³-hybridized carbons (Fsp3) is 0.700. The number of hydrogen-bond acceptors (Lipinski definition) is 5. The van der Waals surface area contributed by atoms with Crippen LogP contribution in [0.5, 0.6) is 11.5 Å². The van der Waals surface area contributed by atoms with Crippen molar-refractivity contribution in [3.8, 4) is 11.5 Å². The Balaban J connectivity index is 1.94. The van der Waals surface area contributed by atoms with Gasteiger partial charge in [-0.15, -0.1) is 0 Å². The summed E-state index contributed by atoms with van der Waals surface area (Å²) in [5.74, 6) is 2.10. The summed E-state index contributed by atoms with van der Waals surface area (Å²) >= 11 is 0. The van der Waals surface area contributed by atoms with E-state index in [4.69, 9.17) is 9.47 Å². The van der Waals surface area contributed by atoms with Gasteiger partial charge in [0.05, 0.1) is 14.2 Å². The zero-order chi connectivity index (χ0) is 18.0. The molecule has 0 saturated carbocycles. The third-order valence-corrected chi connectivity index (χ3v) is 5.90. The van der Waals surface area contributed by atoms with Crippen LogP contribution in [0.3, 0.4) is 0 Å². The van der Waals surface area contributed by atoms with E-state index in [9.17, 15) is 0 Å². The molecule has 1 aromatic carbocycles. The lowest BCUT2D eigenvalue weighted by atomic mass is 9.89. The predicted molar refractivity (Wildman–Crippen MR) is 102 cm³/mol. The van der Waals surface area contributed by atoms with Gasteiger partial charge in [-0.3, -0.25) is 9.80 Å². The number of benzene rings is 1. The number of fused-ring (bicyclic) bond motifs is 1. The number of likely N-dealkylation sites (N-methyl/N-ethyl adjacent to an activating group) is 2. The Hall–Kier alpha value is -1.30. The van der Waals surface area contributed by atoms with E-state index in [1.54, 1.807) is 7.11 Å². The molecule has 0 aromatic heterocycles. The van der Waals surface area contributed by atoms with Crippen LogP contribution < -0.4 is 9.47 Å². The smallest absolute Gasteiger partial charge is 0.127 e. The maximum Gasteiger partial charge on any atom is 0.127 e. The minimum Gasteiger partial charge on any atom is -0.496 e. The van der Waals surface area contributed by atoms with Gasteiger partial charge in [0.25, 0.3) is 0 Å². The van der Waals surface area contributed by atoms with Gasteiger partial charge >= 0.3 is 0 Å². The normalized spacial score (nSPS) is 22.7. The quantitative estimate of drug-likeness (QED) is 0.816. The lowest BCUT2D eigenvalue weighted by Gasteiger charge is -2.37. The first-order chi connectivity index (χ1) is 12.1. The highest BCUT2D eigenvalue weighted by atomic mass is 16.5. The number of ether oxygens (including phenoxy) is 2. The molecule has 0 aliphatic carbocycles. The molecule has 2 heterocycles. The Morgan fingerprint density at radius 1 is 1.08 bits per heavy atom. The highest BCUT2D eigenvalue weighted by Crippen LogP contribution is 2.43. The summed E-state index contributed by atoms with van der Waals surface area (Å²) < 4.78 is 11.7. The molecule has 1 saturated heterocycles. The predicted octanol–water partition coefficient (Wildman–Crippen LogP) is 2.39. The molecule has 5 heteroatoms. The van der Waals surface area contributed by atoms with Gasteiger partial charge in [0.15, 0.2) is 0 Å². The third kappa shape index (κ3) is 3.64.